The molecule has 3 rings (SSSR count). The van der Waals surface area contributed by atoms with Crippen LogP contribution in [0, 0.1) is 6.92 Å². The van der Waals surface area contributed by atoms with Crippen molar-refractivity contribution in [3.8, 4) is 0 Å². The highest BCUT2D eigenvalue weighted by Gasteiger charge is 2.38. The molecule has 27 heavy (non-hydrogen) atoms. The molecule has 0 atom stereocenters. The van der Waals surface area contributed by atoms with E-state index in [2.05, 4.69) is 19.6 Å². The third kappa shape index (κ3) is 3.41. The second-order valence-corrected chi connectivity index (χ2v) is 14.8. The molecule has 1 heterocycles. The molecule has 0 radical (unpaired) electrons. The molecule has 0 spiro atoms. The maximum absolute atomic E-state index is 13.4. The van der Waals surface area contributed by atoms with Gasteiger partial charge in [0.2, 0.25) is 0 Å². The van der Waals surface area contributed by atoms with Crippen molar-refractivity contribution >= 4 is 34.9 Å². The number of rotatable bonds is 4. The van der Waals surface area contributed by atoms with E-state index in [1.54, 1.807) is 30.3 Å². The van der Waals surface area contributed by atoms with Gasteiger partial charge in [-0.3, -0.25) is 4.31 Å². The second kappa shape index (κ2) is 6.80. The third-order valence-electron chi connectivity index (χ3n) is 4.92. The summed E-state index contributed by atoms with van der Waals surface area (Å²) >= 11 is 0. The molecule has 1 aliphatic heterocycles. The second-order valence-electron chi connectivity index (χ2n) is 7.87. The van der Waals surface area contributed by atoms with E-state index < -0.39 is 24.1 Å². The van der Waals surface area contributed by atoms with Gasteiger partial charge in [-0.1, -0.05) is 43.4 Å². The molecule has 0 aliphatic carbocycles. The zero-order valence-electron chi connectivity index (χ0n) is 16.4. The number of ether oxygens (including phenoxy) is 1. The number of aryl methyl sites for hydroxylation is 1. The van der Waals surface area contributed by atoms with Crippen LogP contribution < -0.4 is 9.49 Å². The molecule has 5 nitrogen and oxygen atoms in total. The number of hydrogen-bond donors (Lipinski definition) is 0. The van der Waals surface area contributed by atoms with Gasteiger partial charge >= 0.3 is 5.97 Å². The first-order valence-electron chi connectivity index (χ1n) is 8.91. The standard InChI is InChI=1S/C20H25NO4SSi/c1-14-6-8-15(9-7-14)26(23,24)21-13-12-16-17(20(22)25-2)10-11-18(19(16)21)27(3,4)5/h6-11H,12-13H2,1-5H3. The summed E-state index contributed by atoms with van der Waals surface area (Å²) in [4.78, 5) is 12.5. The Hall–Kier alpha value is -2.12. The quantitative estimate of drug-likeness (QED) is 0.581. The van der Waals surface area contributed by atoms with Crippen molar-refractivity contribution in [1.29, 1.82) is 0 Å². The van der Waals surface area contributed by atoms with Crippen molar-refractivity contribution in [2.45, 2.75) is 37.9 Å². The van der Waals surface area contributed by atoms with Crippen LogP contribution in [0.4, 0.5) is 5.69 Å². The highest BCUT2D eigenvalue weighted by atomic mass is 32.2. The van der Waals surface area contributed by atoms with Crippen molar-refractivity contribution in [1.82, 2.24) is 0 Å². The number of sulfonamides is 1. The predicted molar refractivity (Wildman–Crippen MR) is 110 cm³/mol. The number of carbonyl (C=O) groups is 1. The molecule has 0 aromatic heterocycles. The highest BCUT2D eigenvalue weighted by molar-refractivity contribution is 7.92. The summed E-state index contributed by atoms with van der Waals surface area (Å²) in [6.45, 7) is 8.78. The number of nitrogens with zero attached hydrogens (tertiary/aromatic N) is 1. The first kappa shape index (κ1) is 19.6. The Kier molecular flexibility index (Phi) is 4.94. The van der Waals surface area contributed by atoms with Gasteiger partial charge < -0.3 is 4.74 Å². The smallest absolute Gasteiger partial charge is 0.338 e. The van der Waals surface area contributed by atoms with E-state index in [9.17, 15) is 13.2 Å². The molecule has 144 valence electrons. The van der Waals surface area contributed by atoms with Gasteiger partial charge in [0.15, 0.2) is 0 Å². The summed E-state index contributed by atoms with van der Waals surface area (Å²) in [6.07, 6.45) is 0.503. The minimum Gasteiger partial charge on any atom is -0.465 e. The molecule has 0 amide bonds. The molecule has 1 aliphatic rings. The molecule has 0 bridgehead atoms. The van der Waals surface area contributed by atoms with E-state index in [0.717, 1.165) is 16.3 Å². The number of methoxy groups -OCH3 is 1. The summed E-state index contributed by atoms with van der Waals surface area (Å²) < 4.78 is 33.1. The number of carbonyl (C=O) groups excluding carboxylic acids is 1. The van der Waals surface area contributed by atoms with E-state index in [0.29, 0.717) is 24.2 Å². The summed E-state index contributed by atoms with van der Waals surface area (Å²) in [6, 6.07) is 10.6. The molecule has 0 unspecified atom stereocenters. The lowest BCUT2D eigenvalue weighted by atomic mass is 10.1. The van der Waals surface area contributed by atoms with Gasteiger partial charge in [0.25, 0.3) is 10.0 Å². The molecular weight excluding hydrogens is 378 g/mol. The largest absolute Gasteiger partial charge is 0.465 e. The molecule has 2 aromatic rings. The molecule has 0 saturated heterocycles. The number of esters is 1. The monoisotopic (exact) mass is 403 g/mol. The third-order valence-corrected chi connectivity index (χ3v) is 8.75. The molecule has 7 heteroatoms. The molecule has 0 saturated carbocycles. The lowest BCUT2D eigenvalue weighted by Gasteiger charge is -2.27. The zero-order valence-corrected chi connectivity index (χ0v) is 18.2. The number of hydrogen-bond acceptors (Lipinski definition) is 4. The molecule has 0 fully saturated rings. The van der Waals surface area contributed by atoms with Gasteiger partial charge in [0, 0.05) is 6.54 Å². The average Bonchev–Trinajstić information content (AvgIpc) is 3.05. The number of fused-ring (bicyclic) bond motifs is 1. The van der Waals surface area contributed by atoms with Crippen molar-refractivity contribution < 1.29 is 17.9 Å². The Morgan fingerprint density at radius 2 is 1.70 bits per heavy atom. The van der Waals surface area contributed by atoms with Crippen LogP contribution in [0.2, 0.25) is 19.6 Å². The van der Waals surface area contributed by atoms with Crippen molar-refractivity contribution in [2.75, 3.05) is 18.0 Å². The van der Waals surface area contributed by atoms with Crippen LogP contribution in [0.15, 0.2) is 41.3 Å². The Bertz CT molecular complexity index is 992. The van der Waals surface area contributed by atoms with Gasteiger partial charge in [0.05, 0.1) is 31.3 Å². The number of benzene rings is 2. The first-order chi connectivity index (χ1) is 12.6. The maximum Gasteiger partial charge on any atom is 0.338 e. The normalized spacial score (nSPS) is 14.2. The topological polar surface area (TPSA) is 63.7 Å². The number of anilines is 1. The fourth-order valence-corrected chi connectivity index (χ4v) is 6.66. The van der Waals surface area contributed by atoms with E-state index in [4.69, 9.17) is 4.74 Å². The Balaban J connectivity index is 2.22. The SMILES string of the molecule is COC(=O)c1ccc([Si](C)(C)C)c2c1CCN2S(=O)(=O)c1ccc(C)cc1. The van der Waals surface area contributed by atoms with Crippen molar-refractivity contribution in [2.24, 2.45) is 0 Å². The van der Waals surface area contributed by atoms with Crippen LogP contribution in [-0.4, -0.2) is 36.1 Å². The van der Waals surface area contributed by atoms with Crippen molar-refractivity contribution in [3.05, 3.63) is 53.1 Å². The van der Waals surface area contributed by atoms with E-state index >= 15 is 0 Å². The van der Waals surface area contributed by atoms with E-state index in [1.807, 2.05) is 13.0 Å². The Labute approximate surface area is 162 Å². The van der Waals surface area contributed by atoms with Crippen LogP contribution in [0.1, 0.15) is 21.5 Å². The van der Waals surface area contributed by atoms with E-state index in [-0.39, 0.29) is 4.90 Å². The van der Waals surface area contributed by atoms with Crippen LogP contribution in [-0.2, 0) is 21.2 Å². The minimum atomic E-state index is -3.70. The fraction of sp³-hybridized carbons (Fsp3) is 0.350. The Morgan fingerprint density at radius 1 is 1.07 bits per heavy atom. The van der Waals surface area contributed by atoms with Gasteiger partial charge in [-0.15, -0.1) is 0 Å². The van der Waals surface area contributed by atoms with E-state index in [1.165, 1.54) is 11.4 Å². The molecule has 0 N–H and O–H groups in total. The van der Waals surface area contributed by atoms with Gasteiger partial charge in [-0.2, -0.15) is 0 Å². The minimum absolute atomic E-state index is 0.269. The average molecular weight is 404 g/mol. The Morgan fingerprint density at radius 3 is 2.26 bits per heavy atom. The lowest BCUT2D eigenvalue weighted by Crippen LogP contribution is -2.43. The highest BCUT2D eigenvalue weighted by Crippen LogP contribution is 2.35. The van der Waals surface area contributed by atoms with Gasteiger partial charge in [0.1, 0.15) is 0 Å². The summed E-state index contributed by atoms with van der Waals surface area (Å²) in [5, 5.41) is 1.04. The van der Waals surface area contributed by atoms with Crippen LogP contribution in [0.5, 0.6) is 0 Å². The summed E-state index contributed by atoms with van der Waals surface area (Å²) in [7, 11) is -4.20. The fourth-order valence-electron chi connectivity index (χ4n) is 3.48. The lowest BCUT2D eigenvalue weighted by molar-refractivity contribution is 0.0599. The first-order valence-corrected chi connectivity index (χ1v) is 13.9. The van der Waals surface area contributed by atoms with Crippen molar-refractivity contribution in [3.63, 3.8) is 0 Å². The van der Waals surface area contributed by atoms with Crippen LogP contribution >= 0.6 is 0 Å². The predicted octanol–water partition coefficient (Wildman–Crippen LogP) is 3.08. The maximum atomic E-state index is 13.4. The van der Waals surface area contributed by atoms with Crippen LogP contribution in [0.3, 0.4) is 0 Å². The summed E-state index contributed by atoms with van der Waals surface area (Å²) in [5.74, 6) is -0.428. The molecular formula is C20H25NO4SSi. The summed E-state index contributed by atoms with van der Waals surface area (Å²) in [5.41, 5.74) is 2.91. The molecule has 2 aromatic carbocycles. The zero-order chi connectivity index (χ0) is 20.0. The van der Waals surface area contributed by atoms with Gasteiger partial charge in [-0.05, 0) is 42.3 Å². The van der Waals surface area contributed by atoms with Crippen LogP contribution in [0.25, 0.3) is 0 Å². The van der Waals surface area contributed by atoms with Gasteiger partial charge in [-0.25, -0.2) is 13.2 Å².